The van der Waals surface area contributed by atoms with Crippen LogP contribution in [-0.2, 0) is 26.4 Å². The molecule has 0 aliphatic carbocycles. The van der Waals surface area contributed by atoms with Crippen LogP contribution in [0.2, 0.25) is 18.6 Å². The number of amides is 2. The van der Waals surface area contributed by atoms with Crippen molar-refractivity contribution < 1.29 is 28.3 Å². The Balaban J connectivity index is 1.27. The lowest BCUT2D eigenvalue weighted by Crippen LogP contribution is -2.42. The molecule has 3 aliphatic heterocycles. The fourth-order valence-corrected chi connectivity index (χ4v) is 9.36. The highest BCUT2D eigenvalue weighted by atomic mass is 28.4. The summed E-state index contributed by atoms with van der Waals surface area (Å²) < 4.78 is 29.4. The van der Waals surface area contributed by atoms with E-state index in [1.54, 1.807) is 42.2 Å². The number of fused-ring (bicyclic) bond motifs is 2. The van der Waals surface area contributed by atoms with Gasteiger partial charge in [0.1, 0.15) is 6.61 Å². The summed E-state index contributed by atoms with van der Waals surface area (Å²) in [5.41, 5.74) is 1.59. The van der Waals surface area contributed by atoms with Gasteiger partial charge in [-0.3, -0.25) is 14.4 Å². The molecule has 4 heterocycles. The zero-order valence-electron chi connectivity index (χ0n) is 23.3. The maximum atomic E-state index is 16.0. The second kappa shape index (κ2) is 10.3. The number of ether oxygens (including phenoxy) is 2. The largest absolute Gasteiger partial charge is 0.447 e. The number of aromatic nitrogens is 3. The van der Waals surface area contributed by atoms with Crippen LogP contribution in [0.5, 0.6) is 0 Å². The molecule has 1 unspecified atom stereocenters. The van der Waals surface area contributed by atoms with Crippen LogP contribution in [0.15, 0.2) is 54.7 Å². The molecule has 10 nitrogen and oxygen atoms in total. The van der Waals surface area contributed by atoms with Crippen LogP contribution in [0.25, 0.3) is 0 Å². The number of aliphatic hydroxyl groups excluding tert-OH is 1. The van der Waals surface area contributed by atoms with Gasteiger partial charge in [0, 0.05) is 41.1 Å². The number of rotatable bonds is 8. The zero-order valence-corrected chi connectivity index (χ0v) is 24.3. The molecule has 41 heavy (non-hydrogen) atoms. The third-order valence-corrected chi connectivity index (χ3v) is 11.2. The van der Waals surface area contributed by atoms with E-state index in [1.807, 2.05) is 37.3 Å². The molecule has 0 saturated carbocycles. The summed E-state index contributed by atoms with van der Waals surface area (Å²) in [5, 5.41) is 21.5. The Bertz CT molecular complexity index is 1460. The molecule has 0 bridgehead atoms. The number of nitrogens with one attached hydrogen (secondary N) is 1. The van der Waals surface area contributed by atoms with Crippen molar-refractivity contribution in [3.8, 4) is 0 Å². The molecule has 12 heteroatoms. The fraction of sp³-hybridized carbons (Fsp3) is 0.448. The number of benzene rings is 2. The molecule has 6 rings (SSSR count). The normalized spacial score (nSPS) is 26.4. The number of carbonyl (C=O) groups is 2. The first-order valence-corrected chi connectivity index (χ1v) is 16.9. The molecule has 216 valence electrons. The van der Waals surface area contributed by atoms with Crippen molar-refractivity contribution in [3.05, 3.63) is 71.5 Å². The lowest BCUT2D eigenvalue weighted by Gasteiger charge is -2.30. The monoisotopic (exact) mass is 579 g/mol. The highest BCUT2D eigenvalue weighted by Crippen LogP contribution is 2.59. The Hall–Kier alpha value is -3.61. The van der Waals surface area contributed by atoms with Gasteiger partial charge in [-0.1, -0.05) is 42.5 Å². The van der Waals surface area contributed by atoms with Gasteiger partial charge in [0.25, 0.3) is 5.91 Å². The maximum Gasteiger partial charge on any atom is 0.414 e. The second-order valence-electron chi connectivity index (χ2n) is 11.6. The van der Waals surface area contributed by atoms with E-state index in [2.05, 4.69) is 15.6 Å². The van der Waals surface area contributed by atoms with Gasteiger partial charge in [-0.25, -0.2) is 4.79 Å². The molecule has 1 spiro atoms. The number of anilines is 2. The molecule has 2 fully saturated rings. The molecule has 2 N–H and O–H groups in total. The molecular formula is C29H34FN5O5Si. The third-order valence-electron chi connectivity index (χ3n) is 8.71. The van der Waals surface area contributed by atoms with E-state index < -0.39 is 37.7 Å². The molecular weight excluding hydrogens is 545 g/mol. The van der Waals surface area contributed by atoms with E-state index in [0.29, 0.717) is 48.7 Å². The van der Waals surface area contributed by atoms with E-state index >= 15 is 4.11 Å². The number of aliphatic hydroxyl groups is 1. The molecule has 2 amide bonds. The van der Waals surface area contributed by atoms with Crippen molar-refractivity contribution in [3.63, 3.8) is 0 Å². The minimum Gasteiger partial charge on any atom is -0.447 e. The van der Waals surface area contributed by atoms with E-state index in [0.717, 1.165) is 5.56 Å². The zero-order chi connectivity index (χ0) is 28.9. The van der Waals surface area contributed by atoms with Gasteiger partial charge in [-0.2, -0.15) is 0 Å². The third kappa shape index (κ3) is 4.63. The number of carbonyl (C=O) groups excluding carboxylic acids is 2. The predicted octanol–water partition coefficient (Wildman–Crippen LogP) is 4.18. The Morgan fingerprint density at radius 2 is 2.00 bits per heavy atom. The highest BCUT2D eigenvalue weighted by molar-refractivity contribution is 6.72. The summed E-state index contributed by atoms with van der Waals surface area (Å²) in [7, 11) is -3.31. The summed E-state index contributed by atoms with van der Waals surface area (Å²) >= 11 is 0. The van der Waals surface area contributed by atoms with Crippen molar-refractivity contribution in [2.75, 3.05) is 30.0 Å². The molecule has 1 aromatic heterocycles. The number of halogens is 1. The van der Waals surface area contributed by atoms with Gasteiger partial charge >= 0.3 is 6.09 Å². The summed E-state index contributed by atoms with van der Waals surface area (Å²) in [6.45, 7) is 6.22. The van der Waals surface area contributed by atoms with Crippen molar-refractivity contribution in [1.82, 2.24) is 15.0 Å². The Labute approximate surface area is 238 Å². The van der Waals surface area contributed by atoms with Gasteiger partial charge in [0.15, 0.2) is 5.60 Å². The minimum absolute atomic E-state index is 0.107. The topological polar surface area (TPSA) is 119 Å². The first kappa shape index (κ1) is 27.6. The molecule has 5 atom stereocenters. The van der Waals surface area contributed by atoms with Crippen molar-refractivity contribution in [1.29, 1.82) is 0 Å². The van der Waals surface area contributed by atoms with Crippen LogP contribution >= 0.6 is 0 Å². The van der Waals surface area contributed by atoms with E-state index in [-0.39, 0.29) is 18.4 Å². The number of nitrogens with zero attached hydrogens (tertiary/aromatic N) is 4. The Morgan fingerprint density at radius 3 is 2.68 bits per heavy atom. The molecule has 0 radical (unpaired) electrons. The summed E-state index contributed by atoms with van der Waals surface area (Å²) in [6.07, 6.45) is 1.25. The SMILES string of the molecule is C[C@@H]1[C@@H]([Si](C)(C)F)[C@H](CCn2cc(C(CO)c3ccccc3)nn2)O[C@@]12C(=O)Nc1ccc(N3CCOC3=O)cc12. The van der Waals surface area contributed by atoms with Gasteiger partial charge < -0.3 is 24.0 Å². The molecule has 3 aliphatic rings. The standard InChI is InChI=1S/C29H34FN5O5Si/c1-18-26(41(2,3)30)25(11-12-34-16-24(32-33-34)21(17-36)19-7-5-4-6-8-19)40-29(18)22-15-20(35-13-14-39-28(35)38)9-10-23(22)31-27(29)37/h4-10,15-16,18,21,25-26,36H,11-14,17H2,1-3H3,(H,31,37)/t18-,21?,25+,26-,29+/m1/s1. The van der Waals surface area contributed by atoms with Crippen LogP contribution in [-0.4, -0.2) is 66.4 Å². The van der Waals surface area contributed by atoms with Crippen molar-refractivity contribution in [2.45, 2.75) is 56.1 Å². The van der Waals surface area contributed by atoms with E-state index in [9.17, 15) is 14.7 Å². The average Bonchev–Trinajstić information content (AvgIpc) is 3.71. The van der Waals surface area contributed by atoms with Crippen LogP contribution in [0.1, 0.15) is 36.1 Å². The summed E-state index contributed by atoms with van der Waals surface area (Å²) in [6, 6.07) is 15.0. The van der Waals surface area contributed by atoms with Gasteiger partial charge in [-0.05, 0) is 43.3 Å². The molecule has 2 saturated heterocycles. The van der Waals surface area contributed by atoms with E-state index in [4.69, 9.17) is 9.47 Å². The quantitative estimate of drug-likeness (QED) is 0.304. The number of hydrogen-bond donors (Lipinski definition) is 2. The van der Waals surface area contributed by atoms with Gasteiger partial charge in [-0.15, -0.1) is 5.10 Å². The van der Waals surface area contributed by atoms with Crippen LogP contribution in [0.4, 0.5) is 20.3 Å². The molecule has 3 aromatic rings. The number of hydrogen-bond acceptors (Lipinski definition) is 7. The maximum absolute atomic E-state index is 16.0. The fourth-order valence-electron chi connectivity index (χ4n) is 6.82. The summed E-state index contributed by atoms with van der Waals surface area (Å²) in [4.78, 5) is 27.4. The second-order valence-corrected chi connectivity index (χ2v) is 15.4. The lowest BCUT2D eigenvalue weighted by molar-refractivity contribution is -0.143. The first-order valence-electron chi connectivity index (χ1n) is 14.0. The summed E-state index contributed by atoms with van der Waals surface area (Å²) in [5.74, 6) is -1.06. The first-order chi connectivity index (χ1) is 19.6. The molecule has 2 aromatic carbocycles. The highest BCUT2D eigenvalue weighted by Gasteiger charge is 2.65. The van der Waals surface area contributed by atoms with E-state index in [1.165, 1.54) is 4.90 Å². The van der Waals surface area contributed by atoms with Crippen LogP contribution in [0.3, 0.4) is 0 Å². The van der Waals surface area contributed by atoms with Gasteiger partial charge in [0.2, 0.25) is 8.41 Å². The number of cyclic esters (lactones) is 1. The number of aryl methyl sites for hydroxylation is 1. The smallest absolute Gasteiger partial charge is 0.414 e. The van der Waals surface area contributed by atoms with Gasteiger partial charge in [0.05, 0.1) is 30.9 Å². The predicted molar refractivity (Wildman–Crippen MR) is 152 cm³/mol. The lowest BCUT2D eigenvalue weighted by atomic mass is 9.82. The average molecular weight is 580 g/mol. The Kier molecular flexibility index (Phi) is 6.95. The Morgan fingerprint density at radius 1 is 1.22 bits per heavy atom. The minimum atomic E-state index is -3.31. The van der Waals surface area contributed by atoms with Crippen LogP contribution < -0.4 is 10.2 Å². The van der Waals surface area contributed by atoms with Crippen molar-refractivity contribution in [2.24, 2.45) is 5.92 Å². The van der Waals surface area contributed by atoms with Crippen molar-refractivity contribution >= 4 is 31.8 Å². The van der Waals surface area contributed by atoms with Crippen LogP contribution in [0, 0.1) is 5.92 Å².